The van der Waals surface area contributed by atoms with Crippen LogP contribution in [0.4, 0.5) is 0 Å². The van der Waals surface area contributed by atoms with Crippen LogP contribution in [0.3, 0.4) is 0 Å². The zero-order valence-electron chi connectivity index (χ0n) is 11.4. The van der Waals surface area contributed by atoms with Gasteiger partial charge in [-0.05, 0) is 32.6 Å². The highest BCUT2D eigenvalue weighted by atomic mass is 16.5. The van der Waals surface area contributed by atoms with E-state index >= 15 is 0 Å². The summed E-state index contributed by atoms with van der Waals surface area (Å²) in [5, 5.41) is 0. The molecular weight excluding hydrogens is 216 g/mol. The molecule has 2 aliphatic rings. The lowest BCUT2D eigenvalue weighted by Crippen LogP contribution is -2.64. The van der Waals surface area contributed by atoms with Gasteiger partial charge in [-0.1, -0.05) is 0 Å². The van der Waals surface area contributed by atoms with Gasteiger partial charge >= 0.3 is 0 Å². The minimum Gasteiger partial charge on any atom is -0.383 e. The van der Waals surface area contributed by atoms with Gasteiger partial charge in [-0.2, -0.15) is 0 Å². The first kappa shape index (κ1) is 13.3. The third-order valence-electron chi connectivity index (χ3n) is 4.14. The molecule has 1 saturated carbocycles. The van der Waals surface area contributed by atoms with E-state index in [1.165, 1.54) is 12.8 Å². The van der Waals surface area contributed by atoms with Crippen LogP contribution in [0.15, 0.2) is 0 Å². The predicted molar refractivity (Wildman–Crippen MR) is 68.0 cm³/mol. The standard InChI is InChI=1S/C13H26N2O2/c1-12(2)9-15(6-7-17-12)13(8-14,10-16-3)11-4-5-11/h11H,4-10,14H2,1-3H3. The van der Waals surface area contributed by atoms with E-state index < -0.39 is 0 Å². The second-order valence-corrected chi connectivity index (χ2v) is 6.04. The van der Waals surface area contributed by atoms with Gasteiger partial charge in [-0.3, -0.25) is 4.90 Å². The Labute approximate surface area is 104 Å². The lowest BCUT2D eigenvalue weighted by Gasteiger charge is -2.49. The van der Waals surface area contributed by atoms with Gasteiger partial charge in [-0.15, -0.1) is 0 Å². The minimum absolute atomic E-state index is 0.0375. The summed E-state index contributed by atoms with van der Waals surface area (Å²) in [5.74, 6) is 0.710. The van der Waals surface area contributed by atoms with Crippen molar-refractivity contribution in [3.63, 3.8) is 0 Å². The number of ether oxygens (including phenoxy) is 2. The monoisotopic (exact) mass is 242 g/mol. The van der Waals surface area contributed by atoms with Crippen LogP contribution in [-0.2, 0) is 9.47 Å². The van der Waals surface area contributed by atoms with E-state index in [9.17, 15) is 0 Å². The summed E-state index contributed by atoms with van der Waals surface area (Å²) in [4.78, 5) is 2.51. The summed E-state index contributed by atoms with van der Waals surface area (Å²) >= 11 is 0. The highest BCUT2D eigenvalue weighted by Gasteiger charge is 2.50. The minimum atomic E-state index is -0.0682. The average molecular weight is 242 g/mol. The number of hydrogen-bond donors (Lipinski definition) is 1. The molecule has 4 nitrogen and oxygen atoms in total. The van der Waals surface area contributed by atoms with Crippen LogP contribution < -0.4 is 5.73 Å². The van der Waals surface area contributed by atoms with Crippen molar-refractivity contribution in [2.75, 3.05) is 40.0 Å². The molecule has 2 N–H and O–H groups in total. The van der Waals surface area contributed by atoms with Gasteiger partial charge in [0.15, 0.2) is 0 Å². The Balaban J connectivity index is 2.14. The van der Waals surface area contributed by atoms with Gasteiger partial charge in [-0.25, -0.2) is 0 Å². The second kappa shape index (κ2) is 4.84. The van der Waals surface area contributed by atoms with Crippen molar-refractivity contribution < 1.29 is 9.47 Å². The Morgan fingerprint density at radius 2 is 2.18 bits per heavy atom. The highest BCUT2D eigenvalue weighted by Crippen LogP contribution is 2.44. The summed E-state index contributed by atoms with van der Waals surface area (Å²) in [5.41, 5.74) is 6.06. The van der Waals surface area contributed by atoms with Crippen molar-refractivity contribution in [2.24, 2.45) is 11.7 Å². The fourth-order valence-electron chi connectivity index (χ4n) is 3.09. The molecule has 0 amide bonds. The molecule has 0 spiro atoms. The Morgan fingerprint density at radius 1 is 1.47 bits per heavy atom. The van der Waals surface area contributed by atoms with Crippen molar-refractivity contribution in [1.29, 1.82) is 0 Å². The number of hydrogen-bond acceptors (Lipinski definition) is 4. The smallest absolute Gasteiger partial charge is 0.0753 e. The van der Waals surface area contributed by atoms with Gasteiger partial charge in [0.2, 0.25) is 0 Å². The Morgan fingerprint density at radius 3 is 2.65 bits per heavy atom. The maximum absolute atomic E-state index is 6.09. The van der Waals surface area contributed by atoms with Crippen LogP contribution in [0.2, 0.25) is 0 Å². The lowest BCUT2D eigenvalue weighted by molar-refractivity contribution is -0.130. The third kappa shape index (κ3) is 2.65. The molecule has 2 fully saturated rings. The van der Waals surface area contributed by atoms with Crippen LogP contribution in [-0.4, -0.2) is 56.0 Å². The Bertz CT molecular complexity index is 266. The first-order chi connectivity index (χ1) is 8.04. The quantitative estimate of drug-likeness (QED) is 0.776. The summed E-state index contributed by atoms with van der Waals surface area (Å²) in [6.45, 7) is 8.45. The molecule has 0 bridgehead atoms. The zero-order chi connectivity index (χ0) is 12.5. The molecule has 1 heterocycles. The maximum Gasteiger partial charge on any atom is 0.0753 e. The molecule has 0 aromatic heterocycles. The average Bonchev–Trinajstić information content (AvgIpc) is 3.08. The van der Waals surface area contributed by atoms with Crippen LogP contribution >= 0.6 is 0 Å². The van der Waals surface area contributed by atoms with Gasteiger partial charge < -0.3 is 15.2 Å². The largest absolute Gasteiger partial charge is 0.383 e. The first-order valence-corrected chi connectivity index (χ1v) is 6.62. The number of methoxy groups -OCH3 is 1. The van der Waals surface area contributed by atoms with Crippen LogP contribution in [0.25, 0.3) is 0 Å². The van der Waals surface area contributed by atoms with E-state index in [1.54, 1.807) is 7.11 Å². The summed E-state index contributed by atoms with van der Waals surface area (Å²) in [6.07, 6.45) is 2.58. The Kier molecular flexibility index (Phi) is 3.78. The van der Waals surface area contributed by atoms with E-state index in [-0.39, 0.29) is 11.1 Å². The number of nitrogens with zero attached hydrogens (tertiary/aromatic N) is 1. The molecule has 1 saturated heterocycles. The SMILES string of the molecule is COCC(CN)(C1CC1)N1CCOC(C)(C)C1. The fourth-order valence-corrected chi connectivity index (χ4v) is 3.09. The number of nitrogens with two attached hydrogens (primary N) is 1. The van der Waals surface area contributed by atoms with E-state index in [0.29, 0.717) is 12.5 Å². The Hall–Kier alpha value is -0.160. The number of rotatable bonds is 5. The molecule has 4 heteroatoms. The summed E-state index contributed by atoms with van der Waals surface area (Å²) in [7, 11) is 1.78. The van der Waals surface area contributed by atoms with Crippen molar-refractivity contribution in [3.8, 4) is 0 Å². The summed E-state index contributed by atoms with van der Waals surface area (Å²) < 4.78 is 11.2. The molecule has 17 heavy (non-hydrogen) atoms. The van der Waals surface area contributed by atoms with E-state index in [1.807, 2.05) is 0 Å². The van der Waals surface area contributed by atoms with Crippen LogP contribution in [0.5, 0.6) is 0 Å². The predicted octanol–water partition coefficient (Wildman–Crippen LogP) is 0.851. The van der Waals surface area contributed by atoms with E-state index in [0.717, 1.165) is 26.3 Å². The summed E-state index contributed by atoms with van der Waals surface area (Å²) in [6, 6.07) is 0. The maximum atomic E-state index is 6.09. The highest BCUT2D eigenvalue weighted by molar-refractivity contribution is 5.05. The molecule has 0 aromatic carbocycles. The lowest BCUT2D eigenvalue weighted by atomic mass is 9.89. The van der Waals surface area contributed by atoms with E-state index in [4.69, 9.17) is 15.2 Å². The van der Waals surface area contributed by atoms with Crippen molar-refractivity contribution in [1.82, 2.24) is 4.90 Å². The second-order valence-electron chi connectivity index (χ2n) is 6.04. The molecule has 2 rings (SSSR count). The molecule has 100 valence electrons. The topological polar surface area (TPSA) is 47.7 Å². The van der Waals surface area contributed by atoms with Crippen LogP contribution in [0.1, 0.15) is 26.7 Å². The normalized spacial score (nSPS) is 28.9. The molecule has 1 atom stereocenters. The molecule has 0 aromatic rings. The van der Waals surface area contributed by atoms with E-state index in [2.05, 4.69) is 18.7 Å². The number of morpholine rings is 1. The molecular formula is C13H26N2O2. The van der Waals surface area contributed by atoms with Crippen molar-refractivity contribution >= 4 is 0 Å². The van der Waals surface area contributed by atoms with Gasteiger partial charge in [0.25, 0.3) is 0 Å². The molecule has 0 radical (unpaired) electrons. The molecule has 1 aliphatic heterocycles. The van der Waals surface area contributed by atoms with Crippen molar-refractivity contribution in [2.45, 2.75) is 37.8 Å². The van der Waals surface area contributed by atoms with Gasteiger partial charge in [0, 0.05) is 26.7 Å². The van der Waals surface area contributed by atoms with Crippen LogP contribution in [0, 0.1) is 5.92 Å². The zero-order valence-corrected chi connectivity index (χ0v) is 11.4. The molecule has 1 aliphatic carbocycles. The third-order valence-corrected chi connectivity index (χ3v) is 4.14. The molecule has 1 unspecified atom stereocenters. The first-order valence-electron chi connectivity index (χ1n) is 6.62. The van der Waals surface area contributed by atoms with Gasteiger partial charge in [0.1, 0.15) is 0 Å². The fraction of sp³-hybridized carbons (Fsp3) is 1.00. The van der Waals surface area contributed by atoms with Gasteiger partial charge in [0.05, 0.1) is 24.4 Å². The van der Waals surface area contributed by atoms with Crippen molar-refractivity contribution in [3.05, 3.63) is 0 Å².